The van der Waals surface area contributed by atoms with Crippen molar-refractivity contribution in [2.24, 2.45) is 5.10 Å². The maximum Gasteiger partial charge on any atom is 0.335 e. The van der Waals surface area contributed by atoms with Crippen LogP contribution in [0.15, 0.2) is 66.0 Å². The Balaban J connectivity index is 1.59. The van der Waals surface area contributed by atoms with Crippen molar-refractivity contribution in [3.8, 4) is 10.4 Å². The lowest BCUT2D eigenvalue weighted by atomic mass is 10.1. The van der Waals surface area contributed by atoms with Crippen molar-refractivity contribution in [3.63, 3.8) is 0 Å². The summed E-state index contributed by atoms with van der Waals surface area (Å²) < 4.78 is 0.871. The third kappa shape index (κ3) is 3.71. The van der Waals surface area contributed by atoms with Gasteiger partial charge in [-0.1, -0.05) is 41.9 Å². The molecule has 2 N–H and O–H groups in total. The SMILES string of the molecule is O=C(O)c1ccc(C=NNc2ncnc3cc(-c4ccccc4Cl)sc23)cc1. The first kappa shape index (κ1) is 18.1. The highest BCUT2D eigenvalue weighted by molar-refractivity contribution is 7.22. The number of anilines is 1. The normalized spacial score (nSPS) is 11.2. The molecule has 0 spiro atoms. The fourth-order valence-electron chi connectivity index (χ4n) is 2.61. The summed E-state index contributed by atoms with van der Waals surface area (Å²) in [5.74, 6) is -0.372. The second-order valence-electron chi connectivity index (χ2n) is 5.82. The Labute approximate surface area is 169 Å². The number of thiophene rings is 1. The molecule has 138 valence electrons. The predicted molar refractivity (Wildman–Crippen MR) is 112 cm³/mol. The van der Waals surface area contributed by atoms with Gasteiger partial charge in [0.05, 0.1) is 22.0 Å². The largest absolute Gasteiger partial charge is 0.478 e. The fraction of sp³-hybridized carbons (Fsp3) is 0. The summed E-state index contributed by atoms with van der Waals surface area (Å²) in [6, 6.07) is 16.1. The summed E-state index contributed by atoms with van der Waals surface area (Å²) in [4.78, 5) is 20.5. The maximum atomic E-state index is 10.9. The van der Waals surface area contributed by atoms with E-state index >= 15 is 0 Å². The molecule has 6 nitrogen and oxygen atoms in total. The molecular weight excluding hydrogens is 396 g/mol. The van der Waals surface area contributed by atoms with Gasteiger partial charge in [0.2, 0.25) is 0 Å². The number of aromatic nitrogens is 2. The van der Waals surface area contributed by atoms with E-state index in [0.29, 0.717) is 10.8 Å². The van der Waals surface area contributed by atoms with Crippen molar-refractivity contribution in [2.45, 2.75) is 0 Å². The second kappa shape index (κ2) is 7.75. The monoisotopic (exact) mass is 408 g/mol. The van der Waals surface area contributed by atoms with Crippen molar-refractivity contribution in [2.75, 3.05) is 5.43 Å². The van der Waals surface area contributed by atoms with E-state index in [1.54, 1.807) is 18.3 Å². The van der Waals surface area contributed by atoms with Crippen LogP contribution >= 0.6 is 22.9 Å². The van der Waals surface area contributed by atoms with Crippen LogP contribution in [0.25, 0.3) is 20.7 Å². The van der Waals surface area contributed by atoms with Crippen LogP contribution in [0, 0.1) is 0 Å². The van der Waals surface area contributed by atoms with Gasteiger partial charge >= 0.3 is 5.97 Å². The Kier molecular flexibility index (Phi) is 5.01. The first-order valence-electron chi connectivity index (χ1n) is 8.24. The first-order valence-corrected chi connectivity index (χ1v) is 9.43. The summed E-state index contributed by atoms with van der Waals surface area (Å²) >= 11 is 7.83. The predicted octanol–water partition coefficient (Wildman–Crippen LogP) is 5.16. The number of benzene rings is 2. The van der Waals surface area contributed by atoms with Crippen LogP contribution < -0.4 is 5.43 Å². The minimum absolute atomic E-state index is 0.230. The van der Waals surface area contributed by atoms with Crippen LogP contribution in [0.4, 0.5) is 5.82 Å². The number of fused-ring (bicyclic) bond motifs is 1. The van der Waals surface area contributed by atoms with Gasteiger partial charge in [-0.25, -0.2) is 14.8 Å². The molecule has 0 amide bonds. The molecule has 0 radical (unpaired) electrons. The zero-order valence-electron chi connectivity index (χ0n) is 14.3. The van der Waals surface area contributed by atoms with Crippen molar-refractivity contribution in [1.29, 1.82) is 0 Å². The third-order valence-electron chi connectivity index (χ3n) is 3.99. The van der Waals surface area contributed by atoms with Crippen LogP contribution in [0.2, 0.25) is 5.02 Å². The smallest absolute Gasteiger partial charge is 0.335 e. The number of halogens is 1. The molecule has 8 heteroatoms. The summed E-state index contributed by atoms with van der Waals surface area (Å²) in [6.07, 6.45) is 3.08. The Hall–Kier alpha value is -3.29. The van der Waals surface area contributed by atoms with Gasteiger partial charge in [0.15, 0.2) is 5.82 Å². The first-order chi connectivity index (χ1) is 13.6. The summed E-state index contributed by atoms with van der Waals surface area (Å²) in [6.45, 7) is 0. The average molecular weight is 409 g/mol. The van der Waals surface area contributed by atoms with Crippen LogP contribution in [-0.2, 0) is 0 Å². The quantitative estimate of drug-likeness (QED) is 0.352. The van der Waals surface area contributed by atoms with Gasteiger partial charge in [0, 0.05) is 15.5 Å². The zero-order valence-corrected chi connectivity index (χ0v) is 15.9. The number of hydrogen-bond acceptors (Lipinski definition) is 6. The maximum absolute atomic E-state index is 10.9. The second-order valence-corrected chi connectivity index (χ2v) is 7.28. The minimum atomic E-state index is -0.961. The average Bonchev–Trinajstić information content (AvgIpc) is 3.13. The van der Waals surface area contributed by atoms with Crippen molar-refractivity contribution >= 4 is 51.2 Å². The molecule has 28 heavy (non-hydrogen) atoms. The lowest BCUT2D eigenvalue weighted by Crippen LogP contribution is -1.97. The molecule has 0 atom stereocenters. The molecule has 0 fully saturated rings. The van der Waals surface area contributed by atoms with E-state index in [1.807, 2.05) is 30.3 Å². The van der Waals surface area contributed by atoms with Gasteiger partial charge in [0.1, 0.15) is 6.33 Å². The molecule has 2 aromatic heterocycles. The number of rotatable bonds is 5. The number of carboxylic acid groups (broad SMARTS) is 1. The van der Waals surface area contributed by atoms with Crippen molar-refractivity contribution < 1.29 is 9.90 Å². The molecule has 0 aliphatic heterocycles. The molecule has 0 aliphatic carbocycles. The molecule has 4 aromatic rings. The highest BCUT2D eigenvalue weighted by atomic mass is 35.5. The highest BCUT2D eigenvalue weighted by Crippen LogP contribution is 2.38. The number of carboxylic acids is 1. The van der Waals surface area contributed by atoms with Gasteiger partial charge < -0.3 is 5.11 Å². The Morgan fingerprint density at radius 2 is 1.93 bits per heavy atom. The molecule has 0 bridgehead atoms. The van der Waals surface area contributed by atoms with E-state index in [1.165, 1.54) is 29.8 Å². The van der Waals surface area contributed by atoms with Gasteiger partial charge in [-0.3, -0.25) is 5.43 Å². The van der Waals surface area contributed by atoms with Gasteiger partial charge in [-0.15, -0.1) is 11.3 Å². The summed E-state index contributed by atoms with van der Waals surface area (Å²) in [5.41, 5.74) is 5.68. The molecular formula is C20H13ClN4O2S. The van der Waals surface area contributed by atoms with Crippen molar-refractivity contribution in [1.82, 2.24) is 9.97 Å². The number of hydrazone groups is 1. The standard InChI is InChI=1S/C20H13ClN4O2S/c21-15-4-2-1-3-14(15)17-9-16-18(28-17)19(23-11-22-16)25-24-10-12-5-7-13(8-6-12)20(26)27/h1-11H,(H,26,27)(H,22,23,25). The van der Waals surface area contributed by atoms with E-state index in [4.69, 9.17) is 16.7 Å². The van der Waals surface area contributed by atoms with Crippen LogP contribution in [0.3, 0.4) is 0 Å². The lowest BCUT2D eigenvalue weighted by molar-refractivity contribution is 0.0697. The van der Waals surface area contributed by atoms with E-state index in [2.05, 4.69) is 20.5 Å². The zero-order chi connectivity index (χ0) is 19.5. The molecule has 0 unspecified atom stereocenters. The van der Waals surface area contributed by atoms with Gasteiger partial charge in [-0.2, -0.15) is 5.10 Å². The van der Waals surface area contributed by atoms with E-state index in [0.717, 1.165) is 26.2 Å². The minimum Gasteiger partial charge on any atom is -0.478 e. The van der Waals surface area contributed by atoms with Crippen LogP contribution in [0.1, 0.15) is 15.9 Å². The van der Waals surface area contributed by atoms with Crippen LogP contribution in [0.5, 0.6) is 0 Å². The highest BCUT2D eigenvalue weighted by Gasteiger charge is 2.11. The Bertz CT molecular complexity index is 1190. The summed E-state index contributed by atoms with van der Waals surface area (Å²) in [7, 11) is 0. The molecule has 2 aromatic carbocycles. The molecule has 4 rings (SSSR count). The van der Waals surface area contributed by atoms with Crippen LogP contribution in [-0.4, -0.2) is 27.3 Å². The van der Waals surface area contributed by atoms with E-state index in [-0.39, 0.29) is 5.56 Å². The Morgan fingerprint density at radius 1 is 1.14 bits per heavy atom. The number of hydrogen-bond donors (Lipinski definition) is 2. The van der Waals surface area contributed by atoms with Gasteiger partial charge in [0.25, 0.3) is 0 Å². The molecule has 2 heterocycles. The topological polar surface area (TPSA) is 87.5 Å². The Morgan fingerprint density at radius 3 is 2.68 bits per heavy atom. The molecule has 0 saturated carbocycles. The molecule has 0 aliphatic rings. The lowest BCUT2D eigenvalue weighted by Gasteiger charge is -2.00. The summed E-state index contributed by atoms with van der Waals surface area (Å²) in [5, 5.41) is 13.8. The number of nitrogens with zero attached hydrogens (tertiary/aromatic N) is 3. The molecule has 0 saturated heterocycles. The van der Waals surface area contributed by atoms with Gasteiger partial charge in [-0.05, 0) is 29.8 Å². The van der Waals surface area contributed by atoms with Crippen molar-refractivity contribution in [3.05, 3.63) is 77.1 Å². The number of carbonyl (C=O) groups is 1. The third-order valence-corrected chi connectivity index (χ3v) is 5.49. The van der Waals surface area contributed by atoms with E-state index < -0.39 is 5.97 Å². The fourth-order valence-corrected chi connectivity index (χ4v) is 3.99. The van der Waals surface area contributed by atoms with E-state index in [9.17, 15) is 4.79 Å². The number of aromatic carboxylic acids is 1. The number of nitrogens with one attached hydrogen (secondary N) is 1.